The van der Waals surface area contributed by atoms with Crippen LogP contribution in [0.1, 0.15) is 27.3 Å². The second-order valence-corrected chi connectivity index (χ2v) is 5.22. The molecule has 0 saturated carbocycles. The van der Waals surface area contributed by atoms with E-state index in [0.29, 0.717) is 10.2 Å². The van der Waals surface area contributed by atoms with Crippen LogP contribution in [0.15, 0.2) is 33.8 Å². The summed E-state index contributed by atoms with van der Waals surface area (Å²) in [6.45, 7) is 3.82. The lowest BCUT2D eigenvalue weighted by atomic mass is 10.1. The summed E-state index contributed by atoms with van der Waals surface area (Å²) in [5, 5.41) is 8.15. The van der Waals surface area contributed by atoms with Crippen LogP contribution in [-0.2, 0) is 7.05 Å². The second-order valence-electron chi connectivity index (χ2n) is 4.43. The highest BCUT2D eigenvalue weighted by molar-refractivity contribution is 9.10. The number of carbonyl (C=O) groups excluding carboxylic acids is 1. The first-order valence-corrected chi connectivity index (χ1v) is 6.88. The molecule has 0 atom stereocenters. The summed E-state index contributed by atoms with van der Waals surface area (Å²) >= 11 is 3.35. The number of aromatic nitrogens is 2. The van der Waals surface area contributed by atoms with Gasteiger partial charge in [-0.1, -0.05) is 24.3 Å². The van der Waals surface area contributed by atoms with E-state index in [0.717, 1.165) is 16.8 Å². The third-order valence-electron chi connectivity index (χ3n) is 2.92. The van der Waals surface area contributed by atoms with E-state index in [4.69, 9.17) is 0 Å². The molecule has 2 aromatic rings. The first kappa shape index (κ1) is 14.5. The highest BCUT2D eigenvalue weighted by Crippen LogP contribution is 2.19. The van der Waals surface area contributed by atoms with Crippen molar-refractivity contribution in [1.82, 2.24) is 15.2 Å². The maximum atomic E-state index is 12.1. The van der Waals surface area contributed by atoms with E-state index in [1.165, 1.54) is 4.68 Å². The molecule has 0 fully saturated rings. The molecule has 1 aromatic heterocycles. The summed E-state index contributed by atoms with van der Waals surface area (Å²) in [5.74, 6) is -0.301. The van der Waals surface area contributed by atoms with Crippen LogP contribution >= 0.6 is 15.9 Å². The van der Waals surface area contributed by atoms with E-state index < -0.39 is 0 Å². The van der Waals surface area contributed by atoms with Crippen LogP contribution in [0.2, 0.25) is 0 Å². The molecule has 0 saturated heterocycles. The van der Waals surface area contributed by atoms with Crippen molar-refractivity contribution in [2.45, 2.75) is 13.8 Å². The number of nitrogens with one attached hydrogen (secondary N) is 1. The van der Waals surface area contributed by atoms with Gasteiger partial charge in [0.2, 0.25) is 0 Å². The summed E-state index contributed by atoms with van der Waals surface area (Å²) in [7, 11) is 1.72. The van der Waals surface area contributed by atoms with Gasteiger partial charge in [-0.2, -0.15) is 10.2 Å². The molecule has 1 heterocycles. The SMILES string of the molecule is Cc1ccccc1C=NNC(=O)c1c(Br)c(C)nn1C. The molecule has 5 nitrogen and oxygen atoms in total. The Kier molecular flexibility index (Phi) is 4.34. The monoisotopic (exact) mass is 334 g/mol. The van der Waals surface area contributed by atoms with Gasteiger partial charge >= 0.3 is 0 Å². The van der Waals surface area contributed by atoms with Crippen molar-refractivity contribution in [3.05, 3.63) is 51.3 Å². The second kappa shape index (κ2) is 6.00. The van der Waals surface area contributed by atoms with Crippen LogP contribution in [0, 0.1) is 13.8 Å². The van der Waals surface area contributed by atoms with Crippen molar-refractivity contribution >= 4 is 28.1 Å². The van der Waals surface area contributed by atoms with Gasteiger partial charge in [0.05, 0.1) is 16.4 Å². The quantitative estimate of drug-likeness (QED) is 0.692. The lowest BCUT2D eigenvalue weighted by Crippen LogP contribution is -2.21. The van der Waals surface area contributed by atoms with Gasteiger partial charge in [-0.15, -0.1) is 0 Å². The fraction of sp³-hybridized carbons (Fsp3) is 0.214. The van der Waals surface area contributed by atoms with Gasteiger partial charge in [0.15, 0.2) is 0 Å². The number of aryl methyl sites for hydroxylation is 3. The average Bonchev–Trinajstić information content (AvgIpc) is 2.65. The Morgan fingerprint density at radius 3 is 2.70 bits per heavy atom. The molecule has 1 amide bonds. The van der Waals surface area contributed by atoms with Crippen LogP contribution < -0.4 is 5.43 Å². The van der Waals surface area contributed by atoms with Crippen LogP contribution in [0.5, 0.6) is 0 Å². The number of nitrogens with zero attached hydrogens (tertiary/aromatic N) is 3. The molecule has 1 aromatic carbocycles. The first-order valence-electron chi connectivity index (χ1n) is 6.09. The first-order chi connectivity index (χ1) is 9.50. The maximum absolute atomic E-state index is 12.1. The predicted octanol–water partition coefficient (Wildman–Crippen LogP) is 2.56. The van der Waals surface area contributed by atoms with Gasteiger partial charge < -0.3 is 0 Å². The summed E-state index contributed by atoms with van der Waals surface area (Å²) in [5.41, 5.74) is 5.79. The van der Waals surface area contributed by atoms with Crippen LogP contribution in [0.4, 0.5) is 0 Å². The number of halogens is 1. The average molecular weight is 335 g/mol. The molecule has 0 radical (unpaired) electrons. The van der Waals surface area contributed by atoms with Gasteiger partial charge in [-0.25, -0.2) is 5.43 Å². The van der Waals surface area contributed by atoms with E-state index in [9.17, 15) is 4.79 Å². The molecule has 20 heavy (non-hydrogen) atoms. The van der Waals surface area contributed by atoms with Crippen molar-refractivity contribution in [2.24, 2.45) is 12.1 Å². The molecule has 104 valence electrons. The number of hydrogen-bond acceptors (Lipinski definition) is 3. The summed E-state index contributed by atoms with van der Waals surface area (Å²) < 4.78 is 2.21. The Balaban J connectivity index is 2.11. The molecule has 2 rings (SSSR count). The third-order valence-corrected chi connectivity index (χ3v) is 3.87. The number of hydrogen-bond donors (Lipinski definition) is 1. The molecule has 0 aliphatic rings. The number of benzene rings is 1. The Bertz CT molecular complexity index is 676. The molecule has 0 spiro atoms. The van der Waals surface area contributed by atoms with Gasteiger partial charge in [-0.3, -0.25) is 9.48 Å². The van der Waals surface area contributed by atoms with Crippen molar-refractivity contribution in [1.29, 1.82) is 0 Å². The zero-order valence-corrected chi connectivity index (χ0v) is 13.1. The molecule has 0 aliphatic carbocycles. The Morgan fingerprint density at radius 2 is 2.10 bits per heavy atom. The molecular weight excluding hydrogens is 320 g/mol. The molecule has 1 N–H and O–H groups in total. The Hall–Kier alpha value is -1.95. The van der Waals surface area contributed by atoms with Gasteiger partial charge in [0.25, 0.3) is 5.91 Å². The molecule has 6 heteroatoms. The van der Waals surface area contributed by atoms with Gasteiger partial charge in [0, 0.05) is 7.05 Å². The smallest absolute Gasteiger partial charge is 0.266 e. The summed E-state index contributed by atoms with van der Waals surface area (Å²) in [6.07, 6.45) is 1.63. The van der Waals surface area contributed by atoms with E-state index in [-0.39, 0.29) is 5.91 Å². The topological polar surface area (TPSA) is 59.3 Å². The lowest BCUT2D eigenvalue weighted by Gasteiger charge is -2.02. The van der Waals surface area contributed by atoms with Crippen molar-refractivity contribution < 1.29 is 4.79 Å². The Morgan fingerprint density at radius 1 is 1.40 bits per heavy atom. The molecular formula is C14H15BrN4O. The van der Waals surface area contributed by atoms with Crippen molar-refractivity contribution in [3.8, 4) is 0 Å². The van der Waals surface area contributed by atoms with Crippen LogP contribution in [0.25, 0.3) is 0 Å². The summed E-state index contributed by atoms with van der Waals surface area (Å²) in [4.78, 5) is 12.1. The van der Waals surface area contributed by atoms with E-state index >= 15 is 0 Å². The third kappa shape index (κ3) is 2.96. The van der Waals surface area contributed by atoms with E-state index in [1.54, 1.807) is 13.3 Å². The molecule has 0 bridgehead atoms. The standard InChI is InChI=1S/C14H15BrN4O/c1-9-6-4-5-7-11(9)8-16-17-14(20)13-12(15)10(2)18-19(13)3/h4-8H,1-3H3,(H,17,20). The van der Waals surface area contributed by atoms with Crippen LogP contribution in [0.3, 0.4) is 0 Å². The number of carbonyl (C=O) groups is 1. The molecule has 0 aliphatic heterocycles. The van der Waals surface area contributed by atoms with Crippen molar-refractivity contribution in [3.63, 3.8) is 0 Å². The largest absolute Gasteiger partial charge is 0.290 e. The number of rotatable bonds is 3. The highest BCUT2D eigenvalue weighted by Gasteiger charge is 2.17. The number of hydrazone groups is 1. The highest BCUT2D eigenvalue weighted by atomic mass is 79.9. The number of amides is 1. The minimum atomic E-state index is -0.301. The van der Waals surface area contributed by atoms with E-state index in [1.807, 2.05) is 38.1 Å². The minimum Gasteiger partial charge on any atom is -0.266 e. The van der Waals surface area contributed by atoms with Crippen LogP contribution in [-0.4, -0.2) is 21.9 Å². The predicted molar refractivity (Wildman–Crippen MR) is 81.9 cm³/mol. The van der Waals surface area contributed by atoms with Gasteiger partial charge in [0.1, 0.15) is 5.69 Å². The lowest BCUT2D eigenvalue weighted by molar-refractivity contribution is 0.0945. The van der Waals surface area contributed by atoms with Crippen molar-refractivity contribution in [2.75, 3.05) is 0 Å². The fourth-order valence-electron chi connectivity index (χ4n) is 1.82. The minimum absolute atomic E-state index is 0.301. The maximum Gasteiger partial charge on any atom is 0.290 e. The fourth-order valence-corrected chi connectivity index (χ4v) is 2.34. The zero-order valence-electron chi connectivity index (χ0n) is 11.5. The molecule has 0 unspecified atom stereocenters. The Labute approximate surface area is 125 Å². The summed E-state index contributed by atoms with van der Waals surface area (Å²) in [6, 6.07) is 7.82. The van der Waals surface area contributed by atoms with E-state index in [2.05, 4.69) is 31.6 Å². The zero-order chi connectivity index (χ0) is 14.7. The van der Waals surface area contributed by atoms with Gasteiger partial charge in [-0.05, 0) is 40.9 Å². The normalized spacial score (nSPS) is 11.0.